The van der Waals surface area contributed by atoms with Crippen molar-refractivity contribution >= 4 is 17.2 Å². The molecule has 2 rings (SSSR count). The topological polar surface area (TPSA) is 29.1 Å². The summed E-state index contributed by atoms with van der Waals surface area (Å²) < 4.78 is 0. The highest BCUT2D eigenvalue weighted by Crippen LogP contribution is 2.27. The van der Waals surface area contributed by atoms with Crippen LogP contribution < -0.4 is 5.32 Å². The lowest BCUT2D eigenvalue weighted by Crippen LogP contribution is -2.16. The van der Waals surface area contributed by atoms with Crippen molar-refractivity contribution in [2.24, 2.45) is 0 Å². The maximum Gasteiger partial charge on any atom is 0.261 e. The molecule has 2 aromatic rings. The van der Waals surface area contributed by atoms with Crippen molar-refractivity contribution in [2.45, 2.75) is 0 Å². The number of nitrogens with one attached hydrogen (secondary N) is 1. The van der Waals surface area contributed by atoms with E-state index in [0.29, 0.717) is 0 Å². The molecule has 0 atom stereocenters. The molecule has 1 heterocycles. The van der Waals surface area contributed by atoms with Gasteiger partial charge in [-0.25, -0.2) is 0 Å². The van der Waals surface area contributed by atoms with Crippen LogP contribution in [0.2, 0.25) is 0 Å². The molecule has 0 bridgehead atoms. The number of benzene rings is 1. The van der Waals surface area contributed by atoms with Gasteiger partial charge >= 0.3 is 0 Å². The number of carbonyl (C=O) groups excluding carboxylic acids is 1. The van der Waals surface area contributed by atoms with Gasteiger partial charge in [-0.15, -0.1) is 11.3 Å². The number of thiophene rings is 1. The summed E-state index contributed by atoms with van der Waals surface area (Å²) in [6.07, 6.45) is 0. The van der Waals surface area contributed by atoms with Gasteiger partial charge < -0.3 is 5.32 Å². The highest BCUT2D eigenvalue weighted by atomic mass is 32.1. The lowest BCUT2D eigenvalue weighted by molar-refractivity contribution is 0.0967. The van der Waals surface area contributed by atoms with Crippen LogP contribution >= 0.6 is 11.3 Å². The summed E-state index contributed by atoms with van der Waals surface area (Å²) in [4.78, 5) is 12.3. The van der Waals surface area contributed by atoms with Gasteiger partial charge in [0.2, 0.25) is 0 Å². The van der Waals surface area contributed by atoms with Crippen molar-refractivity contribution in [3.63, 3.8) is 0 Å². The first kappa shape index (κ1) is 9.93. The molecular weight excluding hydrogens is 206 g/mol. The van der Waals surface area contributed by atoms with E-state index in [1.807, 2.05) is 41.8 Å². The van der Waals surface area contributed by atoms with Gasteiger partial charge in [0.15, 0.2) is 0 Å². The zero-order valence-electron chi connectivity index (χ0n) is 8.36. The maximum atomic E-state index is 11.6. The third-order valence-corrected chi connectivity index (χ3v) is 3.10. The van der Waals surface area contributed by atoms with Crippen LogP contribution in [0, 0.1) is 0 Å². The SMILES string of the molecule is CNC(=O)c1sccc1-c1ccccc1. The molecule has 2 nitrogen and oxygen atoms in total. The van der Waals surface area contributed by atoms with Crippen LogP contribution in [-0.2, 0) is 0 Å². The smallest absolute Gasteiger partial charge is 0.261 e. The van der Waals surface area contributed by atoms with Crippen LogP contribution in [0.3, 0.4) is 0 Å². The van der Waals surface area contributed by atoms with Crippen LogP contribution in [0.1, 0.15) is 9.67 Å². The summed E-state index contributed by atoms with van der Waals surface area (Å²) in [5.41, 5.74) is 2.08. The Morgan fingerprint density at radius 2 is 1.93 bits per heavy atom. The molecule has 0 aliphatic rings. The molecule has 0 spiro atoms. The molecule has 1 amide bonds. The Kier molecular flexibility index (Phi) is 2.83. The number of carbonyl (C=O) groups is 1. The van der Waals surface area contributed by atoms with E-state index < -0.39 is 0 Å². The van der Waals surface area contributed by atoms with Crippen LogP contribution in [0.5, 0.6) is 0 Å². The number of rotatable bonds is 2. The van der Waals surface area contributed by atoms with Crippen molar-refractivity contribution in [1.29, 1.82) is 0 Å². The van der Waals surface area contributed by atoms with Gasteiger partial charge in [0.05, 0.1) is 4.88 Å². The molecule has 0 aliphatic carbocycles. The fourth-order valence-corrected chi connectivity index (χ4v) is 2.31. The number of hydrogen-bond donors (Lipinski definition) is 1. The van der Waals surface area contributed by atoms with Gasteiger partial charge in [0.25, 0.3) is 5.91 Å². The van der Waals surface area contributed by atoms with E-state index >= 15 is 0 Å². The van der Waals surface area contributed by atoms with E-state index in [1.54, 1.807) is 7.05 Å². The predicted molar refractivity (Wildman–Crippen MR) is 63.1 cm³/mol. The summed E-state index contributed by atoms with van der Waals surface area (Å²) in [6.45, 7) is 0. The molecule has 0 radical (unpaired) electrons. The Balaban J connectivity index is 2.46. The number of hydrogen-bond acceptors (Lipinski definition) is 2. The van der Waals surface area contributed by atoms with Gasteiger partial charge in [-0.05, 0) is 17.0 Å². The monoisotopic (exact) mass is 217 g/mol. The van der Waals surface area contributed by atoms with Gasteiger partial charge in [0.1, 0.15) is 0 Å². The van der Waals surface area contributed by atoms with Crippen molar-refractivity contribution in [3.8, 4) is 11.1 Å². The largest absolute Gasteiger partial charge is 0.354 e. The molecule has 0 saturated carbocycles. The summed E-state index contributed by atoms with van der Waals surface area (Å²) in [7, 11) is 1.65. The summed E-state index contributed by atoms with van der Waals surface area (Å²) in [5.74, 6) is -0.0242. The lowest BCUT2D eigenvalue weighted by atomic mass is 10.1. The van der Waals surface area contributed by atoms with E-state index in [0.717, 1.165) is 16.0 Å². The van der Waals surface area contributed by atoms with Crippen molar-refractivity contribution < 1.29 is 4.79 Å². The Hall–Kier alpha value is -1.61. The molecule has 0 unspecified atom stereocenters. The van der Waals surface area contributed by atoms with Gasteiger partial charge in [-0.2, -0.15) is 0 Å². The van der Waals surface area contributed by atoms with Gasteiger partial charge in [0, 0.05) is 12.6 Å². The quantitative estimate of drug-likeness (QED) is 0.823. The fourth-order valence-electron chi connectivity index (χ4n) is 1.44. The Bertz CT molecular complexity index is 461. The zero-order chi connectivity index (χ0) is 10.7. The van der Waals surface area contributed by atoms with Gasteiger partial charge in [-0.3, -0.25) is 4.79 Å². The molecule has 0 fully saturated rings. The minimum atomic E-state index is -0.0242. The second-order valence-electron chi connectivity index (χ2n) is 3.11. The molecule has 1 aromatic carbocycles. The fraction of sp³-hybridized carbons (Fsp3) is 0.0833. The average Bonchev–Trinajstić information content (AvgIpc) is 2.78. The first-order valence-electron chi connectivity index (χ1n) is 4.68. The highest BCUT2D eigenvalue weighted by Gasteiger charge is 2.12. The second-order valence-corrected chi connectivity index (χ2v) is 4.02. The van der Waals surface area contributed by atoms with E-state index in [9.17, 15) is 4.79 Å². The Morgan fingerprint density at radius 3 is 2.60 bits per heavy atom. The molecule has 1 aromatic heterocycles. The van der Waals surface area contributed by atoms with Crippen LogP contribution in [-0.4, -0.2) is 13.0 Å². The Morgan fingerprint density at radius 1 is 1.20 bits per heavy atom. The van der Waals surface area contributed by atoms with E-state index in [2.05, 4.69) is 5.32 Å². The lowest BCUT2D eigenvalue weighted by Gasteiger charge is -2.02. The van der Waals surface area contributed by atoms with Crippen molar-refractivity contribution in [3.05, 3.63) is 46.7 Å². The van der Waals surface area contributed by atoms with Crippen molar-refractivity contribution in [2.75, 3.05) is 7.05 Å². The molecule has 1 N–H and O–H groups in total. The predicted octanol–water partition coefficient (Wildman–Crippen LogP) is 2.77. The molecule has 76 valence electrons. The van der Waals surface area contributed by atoms with Crippen LogP contribution in [0.25, 0.3) is 11.1 Å². The maximum absolute atomic E-state index is 11.6. The molecule has 15 heavy (non-hydrogen) atoms. The molecular formula is C12H11NOS. The normalized spacial score (nSPS) is 9.93. The van der Waals surface area contributed by atoms with Gasteiger partial charge in [-0.1, -0.05) is 30.3 Å². The minimum Gasteiger partial charge on any atom is -0.354 e. The average molecular weight is 217 g/mol. The summed E-state index contributed by atoms with van der Waals surface area (Å²) in [6, 6.07) is 11.9. The van der Waals surface area contributed by atoms with Crippen LogP contribution in [0.15, 0.2) is 41.8 Å². The second kappa shape index (κ2) is 4.28. The van der Waals surface area contributed by atoms with E-state index in [-0.39, 0.29) is 5.91 Å². The molecule has 0 saturated heterocycles. The molecule has 3 heteroatoms. The standard InChI is InChI=1S/C12H11NOS/c1-13-12(14)11-10(7-8-15-11)9-5-3-2-4-6-9/h2-8H,1H3,(H,13,14). The van der Waals surface area contributed by atoms with E-state index in [4.69, 9.17) is 0 Å². The zero-order valence-corrected chi connectivity index (χ0v) is 9.17. The van der Waals surface area contributed by atoms with Crippen LogP contribution in [0.4, 0.5) is 0 Å². The third kappa shape index (κ3) is 1.92. The summed E-state index contributed by atoms with van der Waals surface area (Å²) in [5, 5.41) is 4.59. The van der Waals surface area contributed by atoms with E-state index in [1.165, 1.54) is 11.3 Å². The van der Waals surface area contributed by atoms with Crippen molar-refractivity contribution in [1.82, 2.24) is 5.32 Å². The highest BCUT2D eigenvalue weighted by molar-refractivity contribution is 7.12. The first-order valence-corrected chi connectivity index (χ1v) is 5.56. The summed E-state index contributed by atoms with van der Waals surface area (Å²) >= 11 is 1.47. The number of amides is 1. The minimum absolute atomic E-state index is 0.0242. The molecule has 0 aliphatic heterocycles. The Labute approximate surface area is 92.6 Å². The third-order valence-electron chi connectivity index (χ3n) is 2.18. The first-order chi connectivity index (χ1) is 7.33.